The maximum absolute atomic E-state index is 12.7. The fourth-order valence-electron chi connectivity index (χ4n) is 3.47. The molecular weight excluding hydrogens is 364 g/mol. The van der Waals surface area contributed by atoms with Gasteiger partial charge in [0.25, 0.3) is 0 Å². The van der Waals surface area contributed by atoms with Crippen molar-refractivity contribution in [1.82, 2.24) is 9.88 Å². The van der Waals surface area contributed by atoms with Crippen LogP contribution in [0.4, 0.5) is 5.69 Å². The van der Waals surface area contributed by atoms with Gasteiger partial charge in [-0.2, -0.15) is 0 Å². The Balaban J connectivity index is 1.37. The molecule has 0 radical (unpaired) electrons. The van der Waals surface area contributed by atoms with Gasteiger partial charge >= 0.3 is 0 Å². The van der Waals surface area contributed by atoms with Gasteiger partial charge in [-0.15, -0.1) is 0 Å². The first-order chi connectivity index (χ1) is 13.1. The fourth-order valence-corrected chi connectivity index (χ4v) is 3.60. The topological polar surface area (TPSA) is 75.6 Å². The Labute approximate surface area is 162 Å². The number of hydrogen-bond donors (Lipinski definition) is 1. The molecule has 1 fully saturated rings. The summed E-state index contributed by atoms with van der Waals surface area (Å²) >= 11 is 5.90. The van der Waals surface area contributed by atoms with E-state index in [-0.39, 0.29) is 5.91 Å². The zero-order valence-electron chi connectivity index (χ0n) is 14.8. The largest absolute Gasteiger partial charge is 0.460 e. The number of benzene rings is 1. The Morgan fingerprint density at radius 1 is 1.15 bits per heavy atom. The van der Waals surface area contributed by atoms with Crippen LogP contribution in [0.3, 0.4) is 0 Å². The number of furan rings is 1. The van der Waals surface area contributed by atoms with Crippen LogP contribution in [0.2, 0.25) is 5.02 Å². The normalized spacial score (nSPS) is 15.9. The van der Waals surface area contributed by atoms with E-state index in [4.69, 9.17) is 21.8 Å². The first kappa shape index (κ1) is 17.8. The van der Waals surface area contributed by atoms with Crippen molar-refractivity contribution < 1.29 is 9.21 Å². The second-order valence-electron chi connectivity index (χ2n) is 6.71. The van der Waals surface area contributed by atoms with Crippen LogP contribution in [0.5, 0.6) is 0 Å². The average Bonchev–Trinajstić information content (AvgIpc) is 3.18. The van der Waals surface area contributed by atoms with Gasteiger partial charge in [-0.3, -0.25) is 9.78 Å². The highest BCUT2D eigenvalue weighted by molar-refractivity contribution is 6.30. The van der Waals surface area contributed by atoms with Gasteiger partial charge in [-0.1, -0.05) is 23.7 Å². The number of nitrogens with zero attached hydrogens (tertiary/aromatic N) is 3. The van der Waals surface area contributed by atoms with E-state index in [1.807, 2.05) is 41.3 Å². The summed E-state index contributed by atoms with van der Waals surface area (Å²) in [6.45, 7) is 2.74. The van der Waals surface area contributed by atoms with E-state index in [1.165, 1.54) is 0 Å². The van der Waals surface area contributed by atoms with Crippen molar-refractivity contribution in [2.75, 3.05) is 31.1 Å². The minimum Gasteiger partial charge on any atom is -0.460 e. The molecule has 2 N–H and O–H groups in total. The quantitative estimate of drug-likeness (QED) is 0.748. The summed E-state index contributed by atoms with van der Waals surface area (Å²) in [6.07, 6.45) is 3.94. The van der Waals surface area contributed by atoms with E-state index in [0.29, 0.717) is 24.5 Å². The Kier molecular flexibility index (Phi) is 5.01. The molecule has 7 heteroatoms. The van der Waals surface area contributed by atoms with Crippen molar-refractivity contribution in [3.8, 4) is 0 Å². The lowest BCUT2D eigenvalue weighted by molar-refractivity contribution is -0.132. The molecule has 6 nitrogen and oxygen atoms in total. The number of fused-ring (bicyclic) bond motifs is 1. The number of pyridine rings is 1. The summed E-state index contributed by atoms with van der Waals surface area (Å²) in [5, 5.41) is 0.677. The Bertz CT molecular complexity index is 933. The van der Waals surface area contributed by atoms with Crippen LogP contribution in [0.1, 0.15) is 5.56 Å². The lowest BCUT2D eigenvalue weighted by Crippen LogP contribution is -2.53. The van der Waals surface area contributed by atoms with E-state index in [2.05, 4.69) is 9.88 Å². The maximum Gasteiger partial charge on any atom is 0.239 e. The highest BCUT2D eigenvalue weighted by Gasteiger charge is 2.26. The second-order valence-corrected chi connectivity index (χ2v) is 7.15. The molecule has 140 valence electrons. The van der Waals surface area contributed by atoms with E-state index in [1.54, 1.807) is 12.5 Å². The van der Waals surface area contributed by atoms with E-state index < -0.39 is 6.04 Å². The maximum atomic E-state index is 12.7. The van der Waals surface area contributed by atoms with Gasteiger partial charge in [-0.05, 0) is 30.2 Å². The van der Waals surface area contributed by atoms with Crippen LogP contribution in [0.25, 0.3) is 11.1 Å². The standard InChI is InChI=1S/C20H21ClN4O2/c21-15-3-1-14(2-4-15)13-16(22)20(26)25-10-8-24(9-11-25)18-5-7-23-17-6-12-27-19(17)18/h1-7,12,16H,8-11,13,22H2/t16-/m1/s1. The van der Waals surface area contributed by atoms with Crippen molar-refractivity contribution in [2.24, 2.45) is 5.73 Å². The van der Waals surface area contributed by atoms with Crippen LogP contribution in [-0.2, 0) is 11.2 Å². The van der Waals surface area contributed by atoms with Crippen molar-refractivity contribution in [3.05, 3.63) is 59.4 Å². The van der Waals surface area contributed by atoms with Crippen LogP contribution in [0, 0.1) is 0 Å². The summed E-state index contributed by atoms with van der Waals surface area (Å²) in [4.78, 5) is 21.1. The smallest absolute Gasteiger partial charge is 0.239 e. The number of aromatic nitrogens is 1. The third kappa shape index (κ3) is 3.77. The second kappa shape index (κ2) is 7.58. The van der Waals surface area contributed by atoms with Gasteiger partial charge in [0.2, 0.25) is 5.91 Å². The number of rotatable bonds is 4. The van der Waals surface area contributed by atoms with Crippen LogP contribution >= 0.6 is 11.6 Å². The molecule has 1 aliphatic heterocycles. The van der Waals surface area contributed by atoms with Crippen molar-refractivity contribution in [3.63, 3.8) is 0 Å². The fraction of sp³-hybridized carbons (Fsp3) is 0.300. The highest BCUT2D eigenvalue weighted by Crippen LogP contribution is 2.27. The van der Waals surface area contributed by atoms with E-state index in [9.17, 15) is 4.79 Å². The number of carbonyl (C=O) groups is 1. The molecule has 27 heavy (non-hydrogen) atoms. The van der Waals surface area contributed by atoms with Crippen molar-refractivity contribution in [2.45, 2.75) is 12.5 Å². The van der Waals surface area contributed by atoms with Crippen LogP contribution < -0.4 is 10.6 Å². The first-order valence-corrected chi connectivity index (χ1v) is 9.35. The first-order valence-electron chi connectivity index (χ1n) is 8.98. The van der Waals surface area contributed by atoms with Crippen LogP contribution in [0.15, 0.2) is 53.3 Å². The number of anilines is 1. The molecule has 1 atom stereocenters. The average molecular weight is 385 g/mol. The third-order valence-corrected chi connectivity index (χ3v) is 5.19. The van der Waals surface area contributed by atoms with Gasteiger partial charge in [-0.25, -0.2) is 0 Å². The van der Waals surface area contributed by atoms with Crippen molar-refractivity contribution in [1.29, 1.82) is 0 Å². The van der Waals surface area contributed by atoms with Crippen molar-refractivity contribution >= 4 is 34.3 Å². The Morgan fingerprint density at radius 2 is 1.89 bits per heavy atom. The molecule has 3 heterocycles. The summed E-state index contributed by atoms with van der Waals surface area (Å²) in [7, 11) is 0. The number of nitrogens with two attached hydrogens (primary N) is 1. The van der Waals surface area contributed by atoms with Crippen LogP contribution in [-0.4, -0.2) is 48.0 Å². The molecular formula is C20H21ClN4O2. The molecule has 1 aliphatic rings. The number of amides is 1. The molecule has 0 bridgehead atoms. The minimum atomic E-state index is -0.546. The molecule has 0 aliphatic carbocycles. The molecule has 0 unspecified atom stereocenters. The Hall–Kier alpha value is -2.57. The SMILES string of the molecule is N[C@H](Cc1ccc(Cl)cc1)C(=O)N1CCN(c2ccnc3ccoc23)CC1. The molecule has 4 rings (SSSR count). The number of hydrogen-bond acceptors (Lipinski definition) is 5. The molecule has 1 aromatic carbocycles. The zero-order chi connectivity index (χ0) is 18.8. The summed E-state index contributed by atoms with van der Waals surface area (Å²) in [5.41, 5.74) is 9.82. The molecule has 0 spiro atoms. The predicted octanol–water partition coefficient (Wildman–Crippen LogP) is 2.70. The van der Waals surface area contributed by atoms with Gasteiger partial charge in [0.15, 0.2) is 5.58 Å². The summed E-state index contributed by atoms with van der Waals surface area (Å²) in [6, 6.07) is 10.7. The molecule has 1 saturated heterocycles. The van der Waals surface area contributed by atoms with Gasteiger partial charge in [0.05, 0.1) is 18.0 Å². The minimum absolute atomic E-state index is 0.0116. The molecule has 0 saturated carbocycles. The van der Waals surface area contributed by atoms with Gasteiger partial charge in [0.1, 0.15) is 5.52 Å². The molecule has 2 aromatic heterocycles. The van der Waals surface area contributed by atoms with Gasteiger partial charge < -0.3 is 20.0 Å². The predicted molar refractivity (Wildman–Crippen MR) is 106 cm³/mol. The Morgan fingerprint density at radius 3 is 2.63 bits per heavy atom. The molecule has 1 amide bonds. The summed E-state index contributed by atoms with van der Waals surface area (Å²) < 4.78 is 5.58. The zero-order valence-corrected chi connectivity index (χ0v) is 15.6. The van der Waals surface area contributed by atoms with Gasteiger partial charge in [0, 0.05) is 43.5 Å². The van der Waals surface area contributed by atoms with E-state index >= 15 is 0 Å². The van der Waals surface area contributed by atoms with E-state index in [0.717, 1.165) is 35.4 Å². The number of piperazine rings is 1. The lowest BCUT2D eigenvalue weighted by atomic mass is 10.1. The lowest BCUT2D eigenvalue weighted by Gasteiger charge is -2.37. The third-order valence-electron chi connectivity index (χ3n) is 4.94. The number of carbonyl (C=O) groups excluding carboxylic acids is 1. The molecule has 3 aromatic rings. The summed E-state index contributed by atoms with van der Waals surface area (Å²) in [5.74, 6) is -0.0116. The monoisotopic (exact) mass is 384 g/mol. The number of halogens is 1. The highest BCUT2D eigenvalue weighted by atomic mass is 35.5.